The summed E-state index contributed by atoms with van der Waals surface area (Å²) in [6, 6.07) is 9.36. The molecule has 2 rings (SSSR count). The van der Waals surface area contributed by atoms with Gasteiger partial charge in [0.05, 0.1) is 11.9 Å². The molecule has 0 saturated carbocycles. The topological polar surface area (TPSA) is 45.2 Å². The minimum atomic E-state index is -0.324. The van der Waals surface area contributed by atoms with E-state index in [1.54, 1.807) is 29.3 Å². The number of nitrogens with zero attached hydrogens (tertiary/aromatic N) is 2. The van der Waals surface area contributed by atoms with E-state index in [0.29, 0.717) is 17.9 Å². The average Bonchev–Trinajstić information content (AvgIpc) is 2.51. The molecule has 0 unspecified atom stereocenters. The SMILES string of the molecule is CCNc1ccc(C(=O)N(CC)c2ccc(F)cc2)nc1. The molecule has 1 aromatic heterocycles. The molecule has 0 bridgehead atoms. The maximum atomic E-state index is 13.0. The van der Waals surface area contributed by atoms with Crippen molar-refractivity contribution in [1.82, 2.24) is 4.98 Å². The molecule has 1 amide bonds. The van der Waals surface area contributed by atoms with Gasteiger partial charge in [0.15, 0.2) is 0 Å². The number of carbonyl (C=O) groups excluding carboxylic acids is 1. The van der Waals surface area contributed by atoms with Gasteiger partial charge in [-0.15, -0.1) is 0 Å². The lowest BCUT2D eigenvalue weighted by Crippen LogP contribution is -2.31. The van der Waals surface area contributed by atoms with E-state index < -0.39 is 0 Å². The van der Waals surface area contributed by atoms with Gasteiger partial charge in [-0.2, -0.15) is 0 Å². The van der Waals surface area contributed by atoms with Crippen molar-refractivity contribution in [1.29, 1.82) is 0 Å². The molecule has 1 N–H and O–H groups in total. The molecule has 0 atom stereocenters. The van der Waals surface area contributed by atoms with E-state index in [9.17, 15) is 9.18 Å². The molecular formula is C16H18FN3O. The number of amides is 1. The van der Waals surface area contributed by atoms with Crippen LogP contribution in [0, 0.1) is 5.82 Å². The number of benzene rings is 1. The second-order valence-corrected chi connectivity index (χ2v) is 4.49. The van der Waals surface area contributed by atoms with Crippen LogP contribution in [0.3, 0.4) is 0 Å². The number of halogens is 1. The van der Waals surface area contributed by atoms with Crippen molar-refractivity contribution < 1.29 is 9.18 Å². The van der Waals surface area contributed by atoms with Crippen molar-refractivity contribution in [3.05, 3.63) is 54.1 Å². The van der Waals surface area contributed by atoms with Gasteiger partial charge in [-0.25, -0.2) is 9.37 Å². The van der Waals surface area contributed by atoms with Crippen LogP contribution in [0.5, 0.6) is 0 Å². The van der Waals surface area contributed by atoms with Crippen molar-refractivity contribution >= 4 is 17.3 Å². The number of pyridine rings is 1. The minimum Gasteiger partial charge on any atom is -0.384 e. The fourth-order valence-corrected chi connectivity index (χ4v) is 2.03. The Morgan fingerprint density at radius 2 is 1.90 bits per heavy atom. The third-order valence-electron chi connectivity index (χ3n) is 3.06. The van der Waals surface area contributed by atoms with Crippen molar-refractivity contribution in [2.24, 2.45) is 0 Å². The zero-order valence-corrected chi connectivity index (χ0v) is 12.1. The Bertz CT molecular complexity index is 596. The fourth-order valence-electron chi connectivity index (χ4n) is 2.03. The Balaban J connectivity index is 2.21. The number of carbonyl (C=O) groups is 1. The van der Waals surface area contributed by atoms with Crippen LogP contribution >= 0.6 is 0 Å². The predicted octanol–water partition coefficient (Wildman–Crippen LogP) is 3.32. The van der Waals surface area contributed by atoms with Gasteiger partial charge in [0.25, 0.3) is 5.91 Å². The first-order valence-electron chi connectivity index (χ1n) is 6.93. The highest BCUT2D eigenvalue weighted by Gasteiger charge is 2.17. The van der Waals surface area contributed by atoms with Crippen molar-refractivity contribution in [2.75, 3.05) is 23.3 Å². The van der Waals surface area contributed by atoms with Gasteiger partial charge in [0.1, 0.15) is 11.5 Å². The van der Waals surface area contributed by atoms with Crippen LogP contribution < -0.4 is 10.2 Å². The first-order chi connectivity index (χ1) is 10.2. The lowest BCUT2D eigenvalue weighted by molar-refractivity contribution is 0.0983. The van der Waals surface area contributed by atoms with Crippen LogP contribution in [0.2, 0.25) is 0 Å². The Labute approximate surface area is 123 Å². The van der Waals surface area contributed by atoms with E-state index in [0.717, 1.165) is 12.2 Å². The van der Waals surface area contributed by atoms with Gasteiger partial charge in [-0.05, 0) is 50.2 Å². The number of anilines is 2. The molecule has 0 aliphatic heterocycles. The highest BCUT2D eigenvalue weighted by atomic mass is 19.1. The second kappa shape index (κ2) is 6.83. The number of hydrogen-bond donors (Lipinski definition) is 1. The summed E-state index contributed by atoms with van der Waals surface area (Å²) in [4.78, 5) is 18.2. The van der Waals surface area contributed by atoms with Gasteiger partial charge < -0.3 is 10.2 Å². The largest absolute Gasteiger partial charge is 0.384 e. The quantitative estimate of drug-likeness (QED) is 0.917. The molecule has 110 valence electrons. The summed E-state index contributed by atoms with van der Waals surface area (Å²) < 4.78 is 13.0. The van der Waals surface area contributed by atoms with Crippen LogP contribution in [0.25, 0.3) is 0 Å². The summed E-state index contributed by atoms with van der Waals surface area (Å²) >= 11 is 0. The Morgan fingerprint density at radius 3 is 2.43 bits per heavy atom. The zero-order valence-electron chi connectivity index (χ0n) is 12.1. The maximum Gasteiger partial charge on any atom is 0.276 e. The highest BCUT2D eigenvalue weighted by molar-refractivity contribution is 6.04. The molecular weight excluding hydrogens is 269 g/mol. The highest BCUT2D eigenvalue weighted by Crippen LogP contribution is 2.17. The predicted molar refractivity (Wildman–Crippen MR) is 82.2 cm³/mol. The van der Waals surface area contributed by atoms with E-state index in [4.69, 9.17) is 0 Å². The molecule has 1 aromatic carbocycles. The molecule has 0 radical (unpaired) electrons. The molecule has 0 fully saturated rings. The van der Waals surface area contributed by atoms with Crippen LogP contribution in [-0.4, -0.2) is 24.0 Å². The normalized spacial score (nSPS) is 10.2. The molecule has 1 heterocycles. The van der Waals surface area contributed by atoms with Gasteiger partial charge in [-0.3, -0.25) is 4.79 Å². The van der Waals surface area contributed by atoms with Crippen molar-refractivity contribution in [2.45, 2.75) is 13.8 Å². The van der Waals surface area contributed by atoms with Gasteiger partial charge in [-0.1, -0.05) is 0 Å². The van der Waals surface area contributed by atoms with E-state index in [-0.39, 0.29) is 11.7 Å². The van der Waals surface area contributed by atoms with Crippen molar-refractivity contribution in [3.63, 3.8) is 0 Å². The van der Waals surface area contributed by atoms with E-state index in [1.165, 1.54) is 12.1 Å². The summed E-state index contributed by atoms with van der Waals surface area (Å²) in [5, 5.41) is 3.13. The number of aromatic nitrogens is 1. The average molecular weight is 287 g/mol. The Morgan fingerprint density at radius 1 is 1.19 bits per heavy atom. The maximum absolute atomic E-state index is 13.0. The second-order valence-electron chi connectivity index (χ2n) is 4.49. The first-order valence-corrected chi connectivity index (χ1v) is 6.93. The molecule has 5 heteroatoms. The molecule has 0 saturated heterocycles. The van der Waals surface area contributed by atoms with Crippen LogP contribution in [-0.2, 0) is 0 Å². The third-order valence-corrected chi connectivity index (χ3v) is 3.06. The number of rotatable bonds is 5. The summed E-state index contributed by atoms with van der Waals surface area (Å²) in [7, 11) is 0. The van der Waals surface area contributed by atoms with Crippen molar-refractivity contribution in [3.8, 4) is 0 Å². The van der Waals surface area contributed by atoms with Gasteiger partial charge in [0, 0.05) is 18.8 Å². The van der Waals surface area contributed by atoms with Crippen LogP contribution in [0.1, 0.15) is 24.3 Å². The molecule has 2 aromatic rings. The van der Waals surface area contributed by atoms with Gasteiger partial charge in [0.2, 0.25) is 0 Å². The molecule has 0 spiro atoms. The molecule has 21 heavy (non-hydrogen) atoms. The number of nitrogens with one attached hydrogen (secondary N) is 1. The Kier molecular flexibility index (Phi) is 4.87. The monoisotopic (exact) mass is 287 g/mol. The van der Waals surface area contributed by atoms with E-state index >= 15 is 0 Å². The van der Waals surface area contributed by atoms with E-state index in [2.05, 4.69) is 10.3 Å². The summed E-state index contributed by atoms with van der Waals surface area (Å²) in [5.41, 5.74) is 1.89. The number of hydrogen-bond acceptors (Lipinski definition) is 3. The third kappa shape index (κ3) is 3.56. The standard InChI is InChI=1S/C16H18FN3O/c1-3-18-13-7-10-15(19-11-13)16(21)20(4-2)14-8-5-12(17)6-9-14/h5-11,18H,3-4H2,1-2H3. The molecule has 0 aliphatic carbocycles. The summed E-state index contributed by atoms with van der Waals surface area (Å²) in [5.74, 6) is -0.525. The summed E-state index contributed by atoms with van der Waals surface area (Å²) in [6.45, 7) is 5.15. The van der Waals surface area contributed by atoms with Crippen LogP contribution in [0.4, 0.5) is 15.8 Å². The smallest absolute Gasteiger partial charge is 0.276 e. The van der Waals surface area contributed by atoms with Gasteiger partial charge >= 0.3 is 0 Å². The fraction of sp³-hybridized carbons (Fsp3) is 0.250. The Hall–Kier alpha value is -2.43. The molecule has 4 nitrogen and oxygen atoms in total. The van der Waals surface area contributed by atoms with E-state index in [1.807, 2.05) is 19.9 Å². The molecule has 0 aliphatic rings. The zero-order chi connectivity index (χ0) is 15.2. The lowest BCUT2D eigenvalue weighted by Gasteiger charge is -2.20. The van der Waals surface area contributed by atoms with Crippen LogP contribution in [0.15, 0.2) is 42.6 Å². The minimum absolute atomic E-state index is 0.202. The summed E-state index contributed by atoms with van der Waals surface area (Å²) in [6.07, 6.45) is 1.63. The first kappa shape index (κ1) is 15.0. The lowest BCUT2D eigenvalue weighted by atomic mass is 10.2.